The lowest BCUT2D eigenvalue weighted by Crippen LogP contribution is -2.69. The van der Waals surface area contributed by atoms with Crippen LogP contribution in [0.3, 0.4) is 0 Å². The van der Waals surface area contributed by atoms with Crippen LogP contribution in [0.25, 0.3) is 0 Å². The number of carbonyl (C=O) groups is 1. The minimum absolute atomic E-state index is 0.688. The Morgan fingerprint density at radius 2 is 0.911 bits per heavy atom. The molecule has 5 saturated heterocycles. The highest BCUT2D eigenvalue weighted by Gasteiger charge is 2.57. The van der Waals surface area contributed by atoms with Crippen LogP contribution < -0.4 is 5.32 Å². The highest BCUT2D eigenvalue weighted by molar-refractivity contribution is 5.73. The van der Waals surface area contributed by atoms with E-state index in [2.05, 4.69) is 5.32 Å². The van der Waals surface area contributed by atoms with Gasteiger partial charge in [-0.25, -0.2) is 0 Å². The average molecular weight is 822 g/mol. The fraction of sp³-hybridized carbons (Fsp3) is 0.969. The van der Waals surface area contributed by atoms with Crippen LogP contribution in [0.2, 0.25) is 0 Å². The summed E-state index contributed by atoms with van der Waals surface area (Å²) in [5, 5.41) is 140. The molecule has 0 aromatic carbocycles. The van der Waals surface area contributed by atoms with Crippen LogP contribution in [0.15, 0.2) is 0 Å². The summed E-state index contributed by atoms with van der Waals surface area (Å²) < 4.78 is 52.0. The summed E-state index contributed by atoms with van der Waals surface area (Å²) in [4.78, 5) is 12.0. The molecule has 24 nitrogen and oxygen atoms in total. The lowest BCUT2D eigenvalue weighted by molar-refractivity contribution is -0.402. The van der Waals surface area contributed by atoms with E-state index in [0.29, 0.717) is 0 Å². The summed E-state index contributed by atoms with van der Waals surface area (Å²) in [6.07, 6.45) is -40.5. The predicted molar refractivity (Wildman–Crippen MR) is 174 cm³/mol. The van der Waals surface area contributed by atoms with E-state index in [1.807, 2.05) is 0 Å². The second-order valence-corrected chi connectivity index (χ2v) is 14.6. The van der Waals surface area contributed by atoms with Crippen LogP contribution in [0.1, 0.15) is 27.7 Å². The molecule has 0 aromatic rings. The SMILES string of the molecule is CC(=O)NC1C(O[C@@H]2OC(C)[C@H](O[C@H]3OC(CO)[C@@H](O)C(O)C3O)C(O[C@@H]3OC(C)[C@H](O)C(O)C3O[C@@H]3OC(C)[C@H](O)C(O)[C@@H]3O)C2O)[C@H](O)C(CO)O[C@H]1O. The molecule has 0 spiro atoms. The van der Waals surface area contributed by atoms with E-state index in [-0.39, 0.29) is 0 Å². The normalized spacial score (nSPS) is 53.1. The number of nitrogens with one attached hydrogen (secondary N) is 1. The van der Waals surface area contributed by atoms with Crippen molar-refractivity contribution in [2.24, 2.45) is 0 Å². The smallest absolute Gasteiger partial charge is 0.217 e. The topological polar surface area (TPSA) is 375 Å². The Kier molecular flexibility index (Phi) is 15.4. The Morgan fingerprint density at radius 3 is 1.50 bits per heavy atom. The van der Waals surface area contributed by atoms with Crippen molar-refractivity contribution < 1.29 is 114 Å². The maximum atomic E-state index is 12.0. The van der Waals surface area contributed by atoms with E-state index in [0.717, 1.165) is 6.92 Å². The zero-order valence-corrected chi connectivity index (χ0v) is 30.7. The second-order valence-electron chi connectivity index (χ2n) is 14.6. The summed E-state index contributed by atoms with van der Waals surface area (Å²) in [5.74, 6) is -0.688. The number of hydrogen-bond acceptors (Lipinski definition) is 23. The van der Waals surface area contributed by atoms with Crippen molar-refractivity contribution >= 4 is 5.91 Å². The third-order valence-corrected chi connectivity index (χ3v) is 10.6. The molecular formula is C32H55NO23. The average Bonchev–Trinajstić information content (AvgIpc) is 3.15. The number of aliphatic hydroxyl groups is 13. The van der Waals surface area contributed by atoms with Gasteiger partial charge in [-0.15, -0.1) is 0 Å². The number of hydrogen-bond donors (Lipinski definition) is 14. The molecule has 0 radical (unpaired) electrons. The minimum atomic E-state index is -2.06. The summed E-state index contributed by atoms with van der Waals surface area (Å²) in [6.45, 7) is 3.55. The molecule has 326 valence electrons. The molecule has 0 aromatic heterocycles. The molecule has 24 heteroatoms. The Bertz CT molecular complexity index is 1270. The van der Waals surface area contributed by atoms with Gasteiger partial charge in [-0.05, 0) is 20.8 Å². The van der Waals surface area contributed by atoms with Crippen LogP contribution in [-0.2, 0) is 47.4 Å². The summed E-state index contributed by atoms with van der Waals surface area (Å²) >= 11 is 0. The van der Waals surface area contributed by atoms with Gasteiger partial charge < -0.3 is 114 Å². The zero-order chi connectivity index (χ0) is 41.5. The Hall–Kier alpha value is -1.41. The van der Waals surface area contributed by atoms with Crippen LogP contribution in [0.5, 0.6) is 0 Å². The largest absolute Gasteiger partial charge is 0.394 e. The number of amides is 1. The molecule has 5 aliphatic heterocycles. The first-order valence-electron chi connectivity index (χ1n) is 18.2. The van der Waals surface area contributed by atoms with Crippen molar-refractivity contribution in [3.05, 3.63) is 0 Å². The first-order chi connectivity index (χ1) is 26.3. The predicted octanol–water partition coefficient (Wildman–Crippen LogP) is -8.70. The minimum Gasteiger partial charge on any atom is -0.394 e. The van der Waals surface area contributed by atoms with Crippen molar-refractivity contribution in [3.63, 3.8) is 0 Å². The molecule has 25 atom stereocenters. The summed E-state index contributed by atoms with van der Waals surface area (Å²) in [5.41, 5.74) is 0. The highest BCUT2D eigenvalue weighted by Crippen LogP contribution is 2.37. The maximum Gasteiger partial charge on any atom is 0.217 e. The van der Waals surface area contributed by atoms with Crippen LogP contribution in [-0.4, -0.2) is 239 Å². The first kappa shape index (κ1) is 45.7. The molecular weight excluding hydrogens is 766 g/mol. The maximum absolute atomic E-state index is 12.0. The van der Waals surface area contributed by atoms with Crippen molar-refractivity contribution in [3.8, 4) is 0 Å². The van der Waals surface area contributed by atoms with Gasteiger partial charge in [0, 0.05) is 6.92 Å². The van der Waals surface area contributed by atoms with Crippen molar-refractivity contribution in [1.82, 2.24) is 5.32 Å². The van der Waals surface area contributed by atoms with Gasteiger partial charge in [-0.3, -0.25) is 4.79 Å². The second kappa shape index (κ2) is 18.9. The molecule has 0 aliphatic carbocycles. The van der Waals surface area contributed by atoms with Crippen LogP contribution in [0, 0.1) is 0 Å². The highest BCUT2D eigenvalue weighted by atomic mass is 16.8. The Morgan fingerprint density at radius 1 is 0.464 bits per heavy atom. The van der Waals surface area contributed by atoms with Gasteiger partial charge in [0.25, 0.3) is 0 Å². The van der Waals surface area contributed by atoms with E-state index >= 15 is 0 Å². The number of ether oxygens (including phenoxy) is 9. The van der Waals surface area contributed by atoms with Gasteiger partial charge in [0.05, 0.1) is 31.5 Å². The Labute approximate surface area is 319 Å². The van der Waals surface area contributed by atoms with Crippen molar-refractivity contribution in [2.45, 2.75) is 181 Å². The standard InChI is InChI=1S/C32H55NO23/c1-7-14(37)18(41)21(44)29(48-7)56-27-20(43)15(38)8(2)49-32(27)55-26-23(46)31(54-25-13(33-10(4)36)28(47)51-12(6-35)17(25)40)50-9(3)24(26)53-30-22(45)19(42)16(39)11(5-34)52-30/h7-9,11-32,34-35,37-47H,5-6H2,1-4H3,(H,33,36)/t7?,8?,9?,11?,12?,13?,14-,15-,16+,17+,18?,19?,20?,21-,22?,23?,24-,25?,26?,27?,28+,29-,30+,31-,32-/m0/s1. The molecule has 1 amide bonds. The summed E-state index contributed by atoms with van der Waals surface area (Å²) in [6, 6.07) is -1.49. The number of carbonyl (C=O) groups excluding carboxylic acids is 1. The van der Waals surface area contributed by atoms with Crippen molar-refractivity contribution in [1.29, 1.82) is 0 Å². The quantitative estimate of drug-likeness (QED) is 0.0920. The molecule has 5 heterocycles. The fourth-order valence-corrected chi connectivity index (χ4v) is 7.26. The third kappa shape index (κ3) is 9.31. The molecule has 0 saturated carbocycles. The van der Waals surface area contributed by atoms with E-state index < -0.39 is 173 Å². The molecule has 14 N–H and O–H groups in total. The van der Waals surface area contributed by atoms with Gasteiger partial charge in [-0.1, -0.05) is 0 Å². The Balaban J connectivity index is 1.48. The molecule has 14 unspecified atom stereocenters. The molecule has 5 rings (SSSR count). The zero-order valence-electron chi connectivity index (χ0n) is 30.7. The first-order valence-corrected chi connectivity index (χ1v) is 18.2. The number of rotatable bonds is 11. The molecule has 5 fully saturated rings. The third-order valence-electron chi connectivity index (χ3n) is 10.6. The van der Waals surface area contributed by atoms with Crippen LogP contribution in [0.4, 0.5) is 0 Å². The van der Waals surface area contributed by atoms with Gasteiger partial charge in [-0.2, -0.15) is 0 Å². The summed E-state index contributed by atoms with van der Waals surface area (Å²) in [7, 11) is 0. The van der Waals surface area contributed by atoms with Crippen LogP contribution >= 0.6 is 0 Å². The van der Waals surface area contributed by atoms with E-state index in [1.54, 1.807) is 0 Å². The lowest BCUT2D eigenvalue weighted by Gasteiger charge is -2.51. The van der Waals surface area contributed by atoms with Gasteiger partial charge in [0.1, 0.15) is 104 Å². The molecule has 0 bridgehead atoms. The van der Waals surface area contributed by atoms with Crippen molar-refractivity contribution in [2.75, 3.05) is 13.2 Å². The van der Waals surface area contributed by atoms with Gasteiger partial charge >= 0.3 is 0 Å². The van der Waals surface area contributed by atoms with E-state index in [9.17, 15) is 71.2 Å². The van der Waals surface area contributed by atoms with Gasteiger partial charge in [0.2, 0.25) is 5.91 Å². The fourth-order valence-electron chi connectivity index (χ4n) is 7.26. The van der Waals surface area contributed by atoms with E-state index in [4.69, 9.17) is 42.6 Å². The lowest BCUT2D eigenvalue weighted by atomic mass is 9.94. The number of aliphatic hydroxyl groups excluding tert-OH is 13. The molecule has 56 heavy (non-hydrogen) atoms. The van der Waals surface area contributed by atoms with E-state index in [1.165, 1.54) is 20.8 Å². The monoisotopic (exact) mass is 821 g/mol. The van der Waals surface area contributed by atoms with Gasteiger partial charge in [0.15, 0.2) is 31.5 Å². The molecule has 5 aliphatic rings.